The molecular formula is C14H22N2O3S. The minimum absolute atomic E-state index is 0.0685. The van der Waals surface area contributed by atoms with Gasteiger partial charge in [-0.3, -0.25) is 0 Å². The average Bonchev–Trinajstić information content (AvgIpc) is 2.32. The van der Waals surface area contributed by atoms with Crippen molar-refractivity contribution in [1.82, 2.24) is 4.72 Å². The lowest BCUT2D eigenvalue weighted by molar-refractivity contribution is 0.0664. The summed E-state index contributed by atoms with van der Waals surface area (Å²) in [4.78, 5) is 0.199. The Labute approximate surface area is 120 Å². The van der Waals surface area contributed by atoms with Crippen LogP contribution in [0, 0.1) is 5.92 Å². The Kier molecular flexibility index (Phi) is 4.67. The minimum Gasteiger partial charge on any atom is -0.489 e. The molecule has 3 N–H and O–H groups in total. The molecule has 1 saturated carbocycles. The number of para-hydroxylation sites is 1. The summed E-state index contributed by atoms with van der Waals surface area (Å²) >= 11 is 0. The molecule has 1 aromatic carbocycles. The molecule has 0 saturated heterocycles. The quantitative estimate of drug-likeness (QED) is 0.833. The summed E-state index contributed by atoms with van der Waals surface area (Å²) < 4.78 is 32.9. The van der Waals surface area contributed by atoms with Gasteiger partial charge < -0.3 is 10.5 Å². The second kappa shape index (κ2) is 6.11. The third-order valence-corrected chi connectivity index (χ3v) is 5.05. The summed E-state index contributed by atoms with van der Waals surface area (Å²) in [5, 5.41) is 0. The predicted octanol–water partition coefficient (Wildman–Crippen LogP) is 1.49. The van der Waals surface area contributed by atoms with Crippen molar-refractivity contribution in [3.05, 3.63) is 24.3 Å². The van der Waals surface area contributed by atoms with Gasteiger partial charge in [-0.1, -0.05) is 12.1 Å². The fraction of sp³-hybridized carbons (Fsp3) is 0.571. The van der Waals surface area contributed by atoms with Crippen LogP contribution in [0.2, 0.25) is 0 Å². The van der Waals surface area contributed by atoms with Crippen LogP contribution >= 0.6 is 0 Å². The van der Waals surface area contributed by atoms with Crippen LogP contribution in [0.25, 0.3) is 0 Å². The average molecular weight is 298 g/mol. The van der Waals surface area contributed by atoms with E-state index in [2.05, 4.69) is 4.72 Å². The van der Waals surface area contributed by atoms with E-state index >= 15 is 0 Å². The Hall–Kier alpha value is -1.11. The molecule has 0 unspecified atom stereocenters. The molecule has 112 valence electrons. The Morgan fingerprint density at radius 2 is 2.00 bits per heavy atom. The van der Waals surface area contributed by atoms with Crippen LogP contribution in [0.4, 0.5) is 0 Å². The number of rotatable bonds is 6. The maximum Gasteiger partial charge on any atom is 0.244 e. The van der Waals surface area contributed by atoms with Crippen molar-refractivity contribution in [2.75, 3.05) is 6.54 Å². The van der Waals surface area contributed by atoms with Crippen molar-refractivity contribution in [1.29, 1.82) is 0 Å². The van der Waals surface area contributed by atoms with E-state index in [1.165, 1.54) is 0 Å². The SMILES string of the molecule is CC(C)NS(=O)(=O)c1ccccc1OC1CC(CN)C1. The Balaban J connectivity index is 2.15. The zero-order valence-electron chi connectivity index (χ0n) is 11.9. The van der Waals surface area contributed by atoms with Crippen molar-refractivity contribution in [3.8, 4) is 5.75 Å². The topological polar surface area (TPSA) is 81.4 Å². The molecule has 0 spiro atoms. The van der Waals surface area contributed by atoms with Gasteiger partial charge in [0.1, 0.15) is 10.6 Å². The summed E-state index contributed by atoms with van der Waals surface area (Å²) in [6, 6.07) is 6.59. The molecule has 0 bridgehead atoms. The standard InChI is InChI=1S/C14H22N2O3S/c1-10(2)16-20(17,18)14-6-4-3-5-13(14)19-12-7-11(8-12)9-15/h3-6,10-12,16H,7-9,15H2,1-2H3. The zero-order chi connectivity index (χ0) is 14.8. The van der Waals surface area contributed by atoms with Crippen LogP contribution in [0.1, 0.15) is 26.7 Å². The maximum atomic E-state index is 12.3. The first-order valence-electron chi connectivity index (χ1n) is 6.90. The van der Waals surface area contributed by atoms with Crippen LogP contribution in [-0.4, -0.2) is 27.1 Å². The summed E-state index contributed by atoms with van der Waals surface area (Å²) in [5.74, 6) is 0.915. The van der Waals surface area contributed by atoms with E-state index in [1.807, 2.05) is 0 Å². The molecule has 1 aromatic rings. The molecule has 1 aliphatic rings. The van der Waals surface area contributed by atoms with Crippen LogP contribution in [0.3, 0.4) is 0 Å². The second-order valence-electron chi connectivity index (χ2n) is 5.54. The Bertz CT molecular complexity index is 551. The van der Waals surface area contributed by atoms with Crippen LogP contribution < -0.4 is 15.2 Å². The predicted molar refractivity (Wildman–Crippen MR) is 78.1 cm³/mol. The Morgan fingerprint density at radius 3 is 2.60 bits per heavy atom. The third-order valence-electron chi connectivity index (χ3n) is 3.35. The lowest BCUT2D eigenvalue weighted by atomic mass is 9.82. The van der Waals surface area contributed by atoms with Gasteiger partial charge >= 0.3 is 0 Å². The normalized spacial score (nSPS) is 22.6. The number of nitrogens with one attached hydrogen (secondary N) is 1. The van der Waals surface area contributed by atoms with Gasteiger partial charge in [-0.25, -0.2) is 13.1 Å². The first-order chi connectivity index (χ1) is 9.42. The number of benzene rings is 1. The van der Waals surface area contributed by atoms with Gasteiger partial charge in [0.2, 0.25) is 10.0 Å². The van der Waals surface area contributed by atoms with Gasteiger partial charge in [0.15, 0.2) is 0 Å². The summed E-state index contributed by atoms with van der Waals surface area (Å²) in [7, 11) is -3.54. The van der Waals surface area contributed by atoms with Gasteiger partial charge in [0.25, 0.3) is 0 Å². The van der Waals surface area contributed by atoms with Crippen molar-refractivity contribution < 1.29 is 13.2 Å². The van der Waals surface area contributed by atoms with Gasteiger partial charge in [0.05, 0.1) is 6.10 Å². The van der Waals surface area contributed by atoms with E-state index in [0.717, 1.165) is 12.8 Å². The smallest absolute Gasteiger partial charge is 0.244 e. The molecule has 1 fully saturated rings. The second-order valence-corrected chi connectivity index (χ2v) is 7.22. The highest BCUT2D eigenvalue weighted by Crippen LogP contribution is 2.33. The van der Waals surface area contributed by atoms with Crippen LogP contribution in [0.5, 0.6) is 5.75 Å². The summed E-state index contributed by atoms with van der Waals surface area (Å²) in [6.07, 6.45) is 1.85. The molecule has 0 amide bonds. The van der Waals surface area contributed by atoms with Gasteiger partial charge in [-0.2, -0.15) is 0 Å². The first kappa shape index (κ1) is 15.3. The van der Waals surface area contributed by atoms with Gasteiger partial charge in [-0.15, -0.1) is 0 Å². The largest absolute Gasteiger partial charge is 0.489 e. The third kappa shape index (κ3) is 3.50. The number of sulfonamides is 1. The zero-order valence-corrected chi connectivity index (χ0v) is 12.7. The summed E-state index contributed by atoms with van der Waals surface area (Å²) in [6.45, 7) is 4.24. The lowest BCUT2D eigenvalue weighted by Crippen LogP contribution is -2.38. The van der Waals surface area contributed by atoms with E-state index in [0.29, 0.717) is 18.2 Å². The van der Waals surface area contributed by atoms with E-state index in [9.17, 15) is 8.42 Å². The van der Waals surface area contributed by atoms with Gasteiger partial charge in [-0.05, 0) is 51.3 Å². The fourth-order valence-electron chi connectivity index (χ4n) is 2.29. The van der Waals surface area contributed by atoms with E-state index in [4.69, 9.17) is 10.5 Å². The number of hydrogen-bond donors (Lipinski definition) is 2. The van der Waals surface area contributed by atoms with Gasteiger partial charge in [0, 0.05) is 6.04 Å². The lowest BCUT2D eigenvalue weighted by Gasteiger charge is -2.34. The molecule has 5 nitrogen and oxygen atoms in total. The fourth-order valence-corrected chi connectivity index (χ4v) is 3.67. The van der Waals surface area contributed by atoms with Crippen molar-refractivity contribution >= 4 is 10.0 Å². The molecule has 0 heterocycles. The molecule has 2 rings (SSSR count). The van der Waals surface area contributed by atoms with E-state index in [-0.39, 0.29) is 17.0 Å². The maximum absolute atomic E-state index is 12.3. The van der Waals surface area contributed by atoms with E-state index < -0.39 is 10.0 Å². The highest BCUT2D eigenvalue weighted by molar-refractivity contribution is 7.89. The number of nitrogens with two attached hydrogens (primary N) is 1. The first-order valence-corrected chi connectivity index (χ1v) is 8.38. The molecule has 0 aliphatic heterocycles. The highest BCUT2D eigenvalue weighted by atomic mass is 32.2. The number of ether oxygens (including phenoxy) is 1. The minimum atomic E-state index is -3.54. The molecule has 0 radical (unpaired) electrons. The molecular weight excluding hydrogens is 276 g/mol. The molecule has 6 heteroatoms. The van der Waals surface area contributed by atoms with Crippen LogP contribution in [-0.2, 0) is 10.0 Å². The van der Waals surface area contributed by atoms with Crippen LogP contribution in [0.15, 0.2) is 29.2 Å². The molecule has 0 atom stereocenters. The van der Waals surface area contributed by atoms with Crippen molar-refractivity contribution in [3.63, 3.8) is 0 Å². The van der Waals surface area contributed by atoms with E-state index in [1.54, 1.807) is 38.1 Å². The molecule has 0 aromatic heterocycles. The Morgan fingerprint density at radius 1 is 1.35 bits per heavy atom. The monoisotopic (exact) mass is 298 g/mol. The van der Waals surface area contributed by atoms with Crippen molar-refractivity contribution in [2.24, 2.45) is 11.7 Å². The van der Waals surface area contributed by atoms with Crippen molar-refractivity contribution in [2.45, 2.75) is 43.7 Å². The highest BCUT2D eigenvalue weighted by Gasteiger charge is 2.31. The summed E-state index contributed by atoms with van der Waals surface area (Å²) in [5.41, 5.74) is 5.58. The molecule has 1 aliphatic carbocycles. The number of hydrogen-bond acceptors (Lipinski definition) is 4. The molecule has 20 heavy (non-hydrogen) atoms.